The highest BCUT2D eigenvalue weighted by molar-refractivity contribution is 5.87. The summed E-state index contributed by atoms with van der Waals surface area (Å²) in [5.74, 6) is 1.75. The number of anilines is 3. The van der Waals surface area contributed by atoms with Gasteiger partial charge in [-0.15, -0.1) is 0 Å². The van der Waals surface area contributed by atoms with Crippen molar-refractivity contribution in [2.24, 2.45) is 0 Å². The van der Waals surface area contributed by atoms with E-state index in [2.05, 4.69) is 86.3 Å². The summed E-state index contributed by atoms with van der Waals surface area (Å²) in [6, 6.07) is 29.8. The minimum Gasteiger partial charge on any atom is -0.453 e. The van der Waals surface area contributed by atoms with E-state index in [1.165, 1.54) is 27.8 Å². The number of hydrogen-bond donors (Lipinski definition) is 0. The molecule has 2 heteroatoms. The van der Waals surface area contributed by atoms with Crippen LogP contribution in [0.5, 0.6) is 11.5 Å². The Labute approximate surface area is 172 Å². The number of hydrogen-bond acceptors (Lipinski definition) is 2. The molecule has 0 radical (unpaired) electrons. The van der Waals surface area contributed by atoms with E-state index in [4.69, 9.17) is 4.74 Å². The molecule has 0 amide bonds. The molecular weight excluding hydrogens is 354 g/mol. The predicted octanol–water partition coefficient (Wildman–Crippen LogP) is 7.85. The van der Waals surface area contributed by atoms with Crippen molar-refractivity contribution in [1.82, 2.24) is 0 Å². The van der Waals surface area contributed by atoms with Crippen molar-refractivity contribution < 1.29 is 4.74 Å². The van der Waals surface area contributed by atoms with Gasteiger partial charge in [0, 0.05) is 5.69 Å². The number of ether oxygens (including phenoxy) is 1. The second-order valence-electron chi connectivity index (χ2n) is 7.69. The van der Waals surface area contributed by atoms with Crippen molar-refractivity contribution in [2.75, 3.05) is 4.90 Å². The highest BCUT2D eigenvalue weighted by Gasteiger charge is 2.25. The van der Waals surface area contributed by atoms with Gasteiger partial charge in [0.2, 0.25) is 0 Å². The largest absolute Gasteiger partial charge is 0.453 e. The molecule has 1 aliphatic heterocycles. The Kier molecular flexibility index (Phi) is 4.13. The average Bonchev–Trinajstić information content (AvgIpc) is 2.72. The van der Waals surface area contributed by atoms with Crippen molar-refractivity contribution in [3.05, 3.63) is 102 Å². The first-order valence-corrected chi connectivity index (χ1v) is 9.96. The first-order valence-electron chi connectivity index (χ1n) is 9.96. The molecule has 0 aromatic heterocycles. The number of rotatable bonds is 2. The second kappa shape index (κ2) is 6.82. The maximum Gasteiger partial charge on any atom is 0.151 e. The van der Waals surface area contributed by atoms with Gasteiger partial charge in [-0.3, -0.25) is 0 Å². The molecule has 0 saturated carbocycles. The summed E-state index contributed by atoms with van der Waals surface area (Å²) in [7, 11) is 0. The lowest BCUT2D eigenvalue weighted by molar-refractivity contribution is 0.477. The number of nitrogens with zero attached hydrogens (tertiary/aromatic N) is 1. The molecule has 0 N–H and O–H groups in total. The van der Waals surface area contributed by atoms with Crippen LogP contribution in [0.2, 0.25) is 0 Å². The van der Waals surface area contributed by atoms with Crippen LogP contribution < -0.4 is 9.64 Å². The molecular formula is C27H23NO. The summed E-state index contributed by atoms with van der Waals surface area (Å²) in [6.07, 6.45) is 0. The quantitative estimate of drug-likeness (QED) is 0.310. The van der Waals surface area contributed by atoms with Gasteiger partial charge in [0.15, 0.2) is 11.5 Å². The predicted molar refractivity (Wildman–Crippen MR) is 121 cm³/mol. The number of fused-ring (bicyclic) bond motifs is 2. The van der Waals surface area contributed by atoms with Gasteiger partial charge < -0.3 is 9.64 Å². The van der Waals surface area contributed by atoms with Gasteiger partial charge in [-0.1, -0.05) is 54.1 Å². The zero-order valence-electron chi connectivity index (χ0n) is 16.9. The molecule has 0 bridgehead atoms. The lowest BCUT2D eigenvalue weighted by Crippen LogP contribution is -2.15. The van der Waals surface area contributed by atoms with E-state index in [-0.39, 0.29) is 0 Å². The third kappa shape index (κ3) is 2.98. The van der Waals surface area contributed by atoms with Gasteiger partial charge in [-0.05, 0) is 79.4 Å². The minimum absolute atomic E-state index is 0.877. The molecule has 0 fully saturated rings. The van der Waals surface area contributed by atoms with E-state index in [1.54, 1.807) is 0 Å². The van der Waals surface area contributed by atoms with Crippen LogP contribution in [0.3, 0.4) is 0 Å². The van der Waals surface area contributed by atoms with E-state index >= 15 is 0 Å². The lowest BCUT2D eigenvalue weighted by Gasteiger charge is -2.33. The fourth-order valence-electron chi connectivity index (χ4n) is 4.19. The first-order chi connectivity index (χ1) is 14.1. The monoisotopic (exact) mass is 377 g/mol. The molecule has 0 aliphatic carbocycles. The van der Waals surface area contributed by atoms with Crippen LogP contribution in [-0.2, 0) is 0 Å². The van der Waals surface area contributed by atoms with Crippen LogP contribution in [0, 0.1) is 20.8 Å². The van der Waals surface area contributed by atoms with Crippen LogP contribution in [0.15, 0.2) is 84.9 Å². The Hall–Kier alpha value is -3.52. The molecule has 5 rings (SSSR count). The van der Waals surface area contributed by atoms with E-state index < -0.39 is 0 Å². The van der Waals surface area contributed by atoms with Gasteiger partial charge in [0.05, 0.1) is 11.4 Å². The van der Waals surface area contributed by atoms with Crippen LogP contribution >= 0.6 is 0 Å². The Bertz CT molecular complexity index is 1180. The summed E-state index contributed by atoms with van der Waals surface area (Å²) >= 11 is 0. The minimum atomic E-state index is 0.877. The van der Waals surface area contributed by atoms with Gasteiger partial charge >= 0.3 is 0 Å². The molecule has 0 unspecified atom stereocenters. The molecule has 0 atom stereocenters. The zero-order chi connectivity index (χ0) is 20.0. The topological polar surface area (TPSA) is 12.5 Å². The van der Waals surface area contributed by atoms with Crippen molar-refractivity contribution in [3.8, 4) is 22.6 Å². The van der Waals surface area contributed by atoms with Crippen molar-refractivity contribution >= 4 is 17.1 Å². The third-order valence-electron chi connectivity index (χ3n) is 5.57. The Morgan fingerprint density at radius 3 is 1.72 bits per heavy atom. The highest BCUT2D eigenvalue weighted by Crippen LogP contribution is 2.50. The highest BCUT2D eigenvalue weighted by atomic mass is 16.5. The van der Waals surface area contributed by atoms with Gasteiger partial charge in [-0.2, -0.15) is 0 Å². The Morgan fingerprint density at radius 2 is 1.14 bits per heavy atom. The zero-order valence-corrected chi connectivity index (χ0v) is 16.9. The number of benzene rings is 4. The number of para-hydroxylation sites is 4. The summed E-state index contributed by atoms with van der Waals surface area (Å²) in [6.45, 7) is 6.51. The van der Waals surface area contributed by atoms with Crippen molar-refractivity contribution in [2.45, 2.75) is 20.8 Å². The summed E-state index contributed by atoms with van der Waals surface area (Å²) < 4.78 is 6.14. The van der Waals surface area contributed by atoms with Gasteiger partial charge in [0.25, 0.3) is 0 Å². The fourth-order valence-corrected chi connectivity index (χ4v) is 4.19. The normalized spacial score (nSPS) is 12.2. The Morgan fingerprint density at radius 1 is 0.586 bits per heavy atom. The summed E-state index contributed by atoms with van der Waals surface area (Å²) in [5, 5.41) is 0. The Balaban J connectivity index is 1.65. The lowest BCUT2D eigenvalue weighted by atomic mass is 9.94. The summed E-state index contributed by atoms with van der Waals surface area (Å²) in [5.41, 5.74) is 9.69. The molecule has 142 valence electrons. The van der Waals surface area contributed by atoms with E-state index in [9.17, 15) is 0 Å². The van der Waals surface area contributed by atoms with Crippen LogP contribution in [0.1, 0.15) is 16.7 Å². The van der Waals surface area contributed by atoms with Gasteiger partial charge in [0.1, 0.15) is 0 Å². The molecule has 1 heterocycles. The van der Waals surface area contributed by atoms with Crippen LogP contribution in [-0.4, -0.2) is 0 Å². The van der Waals surface area contributed by atoms with Crippen LogP contribution in [0.25, 0.3) is 11.1 Å². The standard InChI is InChI=1S/C27H23NO/c1-18-12-14-22(19(2)16-18)23-15-13-21(17-20(23)3)28-24-8-4-6-10-26(24)29-27-11-7-5-9-25(27)28/h4-17H,1-3H3. The maximum absolute atomic E-state index is 6.14. The molecule has 29 heavy (non-hydrogen) atoms. The SMILES string of the molecule is Cc1ccc(-c2ccc(N3c4ccccc4Oc4ccccc43)cc2C)c(C)c1. The van der Waals surface area contributed by atoms with Crippen LogP contribution in [0.4, 0.5) is 17.1 Å². The molecule has 4 aromatic carbocycles. The number of aryl methyl sites for hydroxylation is 3. The van der Waals surface area contributed by atoms with Crippen molar-refractivity contribution in [3.63, 3.8) is 0 Å². The molecule has 0 spiro atoms. The molecule has 4 aromatic rings. The van der Waals surface area contributed by atoms with Crippen molar-refractivity contribution in [1.29, 1.82) is 0 Å². The second-order valence-corrected chi connectivity index (χ2v) is 7.69. The summed E-state index contributed by atoms with van der Waals surface area (Å²) in [4.78, 5) is 2.28. The smallest absolute Gasteiger partial charge is 0.151 e. The van der Waals surface area contributed by atoms with E-state index in [0.29, 0.717) is 0 Å². The molecule has 2 nitrogen and oxygen atoms in total. The van der Waals surface area contributed by atoms with Gasteiger partial charge in [-0.25, -0.2) is 0 Å². The fraction of sp³-hybridized carbons (Fsp3) is 0.111. The third-order valence-corrected chi connectivity index (χ3v) is 5.57. The molecule has 0 saturated heterocycles. The average molecular weight is 377 g/mol. The van der Waals surface area contributed by atoms with E-state index in [0.717, 1.165) is 28.6 Å². The molecule has 1 aliphatic rings. The van der Waals surface area contributed by atoms with E-state index in [1.807, 2.05) is 24.3 Å². The maximum atomic E-state index is 6.14. The first kappa shape index (κ1) is 17.6.